The van der Waals surface area contributed by atoms with E-state index in [0.29, 0.717) is 0 Å². The summed E-state index contributed by atoms with van der Waals surface area (Å²) in [5.41, 5.74) is 2.56. The van der Waals surface area contributed by atoms with Crippen LogP contribution in [0.4, 0.5) is 0 Å². The Bertz CT molecular complexity index is 195. The Morgan fingerprint density at radius 1 is 1.31 bits per heavy atom. The molecule has 0 atom stereocenters. The van der Waals surface area contributed by atoms with Crippen LogP contribution in [-0.4, -0.2) is 13.1 Å². The van der Waals surface area contributed by atoms with Crippen molar-refractivity contribution in [1.29, 1.82) is 0 Å². The molecule has 0 spiro atoms. The fourth-order valence-electron chi connectivity index (χ4n) is 0.882. The molecule has 0 aliphatic carbocycles. The van der Waals surface area contributed by atoms with Crippen molar-refractivity contribution in [2.75, 3.05) is 13.1 Å². The van der Waals surface area contributed by atoms with Gasteiger partial charge in [0, 0.05) is 6.54 Å². The maximum absolute atomic E-state index is 3.78. The molecule has 0 aliphatic heterocycles. The molecule has 0 aliphatic rings. The second-order valence-corrected chi connectivity index (χ2v) is 3.37. The van der Waals surface area contributed by atoms with Gasteiger partial charge in [-0.2, -0.15) is 0 Å². The molecule has 13 heavy (non-hydrogen) atoms. The monoisotopic (exact) mass is 179 g/mol. The van der Waals surface area contributed by atoms with Crippen molar-refractivity contribution in [1.82, 2.24) is 5.32 Å². The van der Waals surface area contributed by atoms with E-state index in [2.05, 4.69) is 44.8 Å². The Morgan fingerprint density at radius 3 is 2.46 bits per heavy atom. The maximum Gasteiger partial charge on any atom is 0.0205 e. The minimum atomic E-state index is 0.918. The topological polar surface area (TPSA) is 12.0 Å². The highest BCUT2D eigenvalue weighted by Crippen LogP contribution is 1.97. The lowest BCUT2D eigenvalue weighted by Crippen LogP contribution is -2.16. The van der Waals surface area contributed by atoms with Crippen molar-refractivity contribution in [3.8, 4) is 0 Å². The lowest BCUT2D eigenvalue weighted by Gasteiger charge is -2.02. The van der Waals surface area contributed by atoms with Gasteiger partial charge in [-0.1, -0.05) is 37.3 Å². The average molecular weight is 179 g/mol. The zero-order chi connectivity index (χ0) is 10.1. The molecule has 0 saturated carbocycles. The van der Waals surface area contributed by atoms with Gasteiger partial charge >= 0.3 is 0 Å². The van der Waals surface area contributed by atoms with E-state index in [-0.39, 0.29) is 0 Å². The molecule has 0 aromatic heterocycles. The number of hydrogen-bond donors (Lipinski definition) is 1. The quantitative estimate of drug-likeness (QED) is 0.488. The predicted molar refractivity (Wildman–Crippen MR) is 60.9 cm³/mol. The van der Waals surface area contributed by atoms with E-state index in [0.717, 1.165) is 13.1 Å². The van der Waals surface area contributed by atoms with E-state index in [9.17, 15) is 0 Å². The fraction of sp³-hybridized carbons (Fsp3) is 0.500. The molecule has 1 heteroatoms. The fourth-order valence-corrected chi connectivity index (χ4v) is 0.882. The number of nitrogens with one attached hydrogen (secondary N) is 1. The lowest BCUT2D eigenvalue weighted by molar-refractivity contribution is 0.720. The summed E-state index contributed by atoms with van der Waals surface area (Å²) in [7, 11) is 0. The van der Waals surface area contributed by atoms with Crippen LogP contribution in [-0.2, 0) is 0 Å². The van der Waals surface area contributed by atoms with Gasteiger partial charge in [0.15, 0.2) is 0 Å². The normalized spacial score (nSPS) is 11.2. The Kier molecular flexibility index (Phi) is 7.32. The molecule has 1 N–H and O–H groups in total. The zero-order valence-electron chi connectivity index (χ0n) is 9.06. The molecule has 0 fully saturated rings. The van der Waals surface area contributed by atoms with E-state index < -0.39 is 0 Å². The summed E-state index contributed by atoms with van der Waals surface area (Å²) in [4.78, 5) is 0. The Hall–Kier alpha value is -0.820. The van der Waals surface area contributed by atoms with E-state index in [4.69, 9.17) is 0 Å². The molecule has 0 bridgehead atoms. The van der Waals surface area contributed by atoms with Crippen molar-refractivity contribution < 1.29 is 0 Å². The highest BCUT2D eigenvalue weighted by molar-refractivity contribution is 5.24. The number of allylic oxidation sites excluding steroid dienone is 3. The summed E-state index contributed by atoms with van der Waals surface area (Å²) >= 11 is 0. The van der Waals surface area contributed by atoms with Crippen molar-refractivity contribution in [2.24, 2.45) is 0 Å². The van der Waals surface area contributed by atoms with Gasteiger partial charge in [0.05, 0.1) is 0 Å². The summed E-state index contributed by atoms with van der Waals surface area (Å²) in [6.45, 7) is 12.1. The smallest absolute Gasteiger partial charge is 0.0205 e. The molecule has 0 unspecified atom stereocenters. The first kappa shape index (κ1) is 12.2. The van der Waals surface area contributed by atoms with Gasteiger partial charge < -0.3 is 5.32 Å². The zero-order valence-corrected chi connectivity index (χ0v) is 9.06. The van der Waals surface area contributed by atoms with Gasteiger partial charge in [0.1, 0.15) is 0 Å². The molecule has 0 heterocycles. The third kappa shape index (κ3) is 7.54. The van der Waals surface area contributed by atoms with Crippen molar-refractivity contribution in [3.63, 3.8) is 0 Å². The molecule has 1 nitrogen and oxygen atoms in total. The second kappa shape index (κ2) is 7.81. The lowest BCUT2D eigenvalue weighted by atomic mass is 10.2. The van der Waals surface area contributed by atoms with Crippen LogP contribution in [0.2, 0.25) is 0 Å². The summed E-state index contributed by atoms with van der Waals surface area (Å²) in [5.74, 6) is 0. The first-order valence-electron chi connectivity index (χ1n) is 4.88. The van der Waals surface area contributed by atoms with E-state index in [1.54, 1.807) is 0 Å². The van der Waals surface area contributed by atoms with Crippen LogP contribution in [0, 0.1) is 0 Å². The molecule has 0 rings (SSSR count). The molecule has 0 saturated heterocycles. The molecule has 0 radical (unpaired) electrons. The van der Waals surface area contributed by atoms with E-state index >= 15 is 0 Å². The average Bonchev–Trinajstić information content (AvgIpc) is 2.10. The maximum atomic E-state index is 3.78. The van der Waals surface area contributed by atoms with Gasteiger partial charge in [-0.15, -0.1) is 0 Å². The molecule has 74 valence electrons. The standard InChI is InChI=1S/C12H21N/c1-5-9-13-10-12(6-2)8-7-11(3)4/h6-8,13H,2,5,9-10H2,1,3-4H3/b12-8+. The van der Waals surface area contributed by atoms with E-state index in [1.165, 1.54) is 17.6 Å². The van der Waals surface area contributed by atoms with Crippen LogP contribution in [0.1, 0.15) is 27.2 Å². The second-order valence-electron chi connectivity index (χ2n) is 3.37. The van der Waals surface area contributed by atoms with Crippen molar-refractivity contribution in [2.45, 2.75) is 27.2 Å². The van der Waals surface area contributed by atoms with Crippen molar-refractivity contribution in [3.05, 3.63) is 36.0 Å². The first-order chi connectivity index (χ1) is 6.20. The number of hydrogen-bond acceptors (Lipinski definition) is 1. The first-order valence-corrected chi connectivity index (χ1v) is 4.88. The third-order valence-corrected chi connectivity index (χ3v) is 1.65. The highest BCUT2D eigenvalue weighted by atomic mass is 14.8. The third-order valence-electron chi connectivity index (χ3n) is 1.65. The molecular formula is C12H21N. The Morgan fingerprint density at radius 2 is 2.00 bits per heavy atom. The van der Waals surface area contributed by atoms with Crippen molar-refractivity contribution >= 4 is 0 Å². The van der Waals surface area contributed by atoms with Gasteiger partial charge in [0.25, 0.3) is 0 Å². The summed E-state index contributed by atoms with van der Waals surface area (Å²) in [6, 6.07) is 0. The highest BCUT2D eigenvalue weighted by Gasteiger charge is 1.88. The van der Waals surface area contributed by atoms with Crippen LogP contribution in [0.15, 0.2) is 36.0 Å². The minimum Gasteiger partial charge on any atom is -0.313 e. The molecular weight excluding hydrogens is 158 g/mol. The molecule has 0 aromatic rings. The predicted octanol–water partition coefficient (Wildman–Crippen LogP) is 3.06. The number of rotatable bonds is 6. The largest absolute Gasteiger partial charge is 0.313 e. The summed E-state index contributed by atoms with van der Waals surface area (Å²) < 4.78 is 0. The molecule has 0 aromatic carbocycles. The summed E-state index contributed by atoms with van der Waals surface area (Å²) in [6.07, 6.45) is 7.31. The van der Waals surface area contributed by atoms with Crippen LogP contribution >= 0.6 is 0 Å². The Labute approximate surface area is 82.2 Å². The van der Waals surface area contributed by atoms with Crippen LogP contribution < -0.4 is 5.32 Å². The minimum absolute atomic E-state index is 0.918. The van der Waals surface area contributed by atoms with Crippen LogP contribution in [0.25, 0.3) is 0 Å². The SMILES string of the molecule is C=C/C(=C\C=C(C)C)CNCCC. The van der Waals surface area contributed by atoms with Crippen LogP contribution in [0.3, 0.4) is 0 Å². The molecule has 0 amide bonds. The van der Waals surface area contributed by atoms with E-state index in [1.807, 2.05) is 6.08 Å². The Balaban J connectivity index is 3.95. The van der Waals surface area contributed by atoms with Gasteiger partial charge in [-0.3, -0.25) is 0 Å². The van der Waals surface area contributed by atoms with Crippen LogP contribution in [0.5, 0.6) is 0 Å². The summed E-state index contributed by atoms with van der Waals surface area (Å²) in [5, 5.41) is 3.34. The van der Waals surface area contributed by atoms with Gasteiger partial charge in [-0.25, -0.2) is 0 Å². The van der Waals surface area contributed by atoms with Gasteiger partial charge in [-0.05, 0) is 32.4 Å². The van der Waals surface area contributed by atoms with Gasteiger partial charge in [0.2, 0.25) is 0 Å².